The maximum absolute atomic E-state index is 12.8. The van der Waals surface area contributed by atoms with Crippen LogP contribution >= 0.6 is 23.4 Å². The zero-order valence-corrected chi connectivity index (χ0v) is 21.0. The van der Waals surface area contributed by atoms with Gasteiger partial charge in [-0.1, -0.05) is 78.0 Å². The molecule has 0 aliphatic carbocycles. The minimum atomic E-state index is -0.630. The van der Waals surface area contributed by atoms with Crippen molar-refractivity contribution in [2.45, 2.75) is 24.1 Å². The van der Waals surface area contributed by atoms with E-state index in [1.807, 2.05) is 54.6 Å². The van der Waals surface area contributed by atoms with Crippen molar-refractivity contribution in [3.05, 3.63) is 95.0 Å². The van der Waals surface area contributed by atoms with E-state index in [1.165, 1.54) is 11.8 Å². The number of para-hydroxylation sites is 1. The molecule has 0 saturated carbocycles. The van der Waals surface area contributed by atoms with Crippen molar-refractivity contribution in [3.8, 4) is 5.75 Å². The van der Waals surface area contributed by atoms with E-state index in [4.69, 9.17) is 21.4 Å². The third kappa shape index (κ3) is 5.15. The molecule has 3 aromatic rings. The van der Waals surface area contributed by atoms with Crippen molar-refractivity contribution in [1.82, 2.24) is 5.01 Å². The monoisotopic (exact) mass is 518 g/mol. The van der Waals surface area contributed by atoms with E-state index in [0.717, 1.165) is 22.6 Å². The molecule has 2 amide bonds. The molecule has 2 heterocycles. The quantitative estimate of drug-likeness (QED) is 0.464. The van der Waals surface area contributed by atoms with Gasteiger partial charge in [0.1, 0.15) is 11.0 Å². The predicted octanol–water partition coefficient (Wildman–Crippen LogP) is 5.53. The van der Waals surface area contributed by atoms with Gasteiger partial charge in [0.25, 0.3) is 5.91 Å². The lowest BCUT2D eigenvalue weighted by molar-refractivity contribution is -0.121. The molecule has 2 aliphatic rings. The van der Waals surface area contributed by atoms with Gasteiger partial charge in [-0.25, -0.2) is 5.01 Å². The van der Waals surface area contributed by atoms with Crippen LogP contribution in [0.4, 0.5) is 5.69 Å². The summed E-state index contributed by atoms with van der Waals surface area (Å²) in [4.78, 5) is 29.7. The number of ether oxygens (including phenoxy) is 1. The number of nitrogens with zero attached hydrogens (tertiary/aromatic N) is 3. The normalized spacial score (nSPS) is 19.2. The topological polar surface area (TPSA) is 83.4 Å². The molecule has 0 unspecified atom stereocenters. The zero-order chi connectivity index (χ0) is 25.1. The molecular formula is C27H23ClN4O3S. The minimum absolute atomic E-state index is 0.0159. The summed E-state index contributed by atoms with van der Waals surface area (Å²) >= 11 is 7.40. The summed E-state index contributed by atoms with van der Waals surface area (Å²) in [6.07, 6.45) is 0.639. The van der Waals surface area contributed by atoms with Crippen LogP contribution in [0.5, 0.6) is 5.75 Å². The Morgan fingerprint density at radius 1 is 1.08 bits per heavy atom. The maximum atomic E-state index is 12.8. The van der Waals surface area contributed by atoms with Crippen LogP contribution in [0.25, 0.3) is 0 Å². The van der Waals surface area contributed by atoms with Gasteiger partial charge in [-0.05, 0) is 35.4 Å². The van der Waals surface area contributed by atoms with E-state index in [1.54, 1.807) is 36.4 Å². The van der Waals surface area contributed by atoms with Crippen LogP contribution in [0.15, 0.2) is 89.0 Å². The summed E-state index contributed by atoms with van der Waals surface area (Å²) in [6.45, 7) is 0. The van der Waals surface area contributed by atoms with Gasteiger partial charge in [-0.3, -0.25) is 9.59 Å². The fourth-order valence-electron chi connectivity index (χ4n) is 4.11. The highest BCUT2D eigenvalue weighted by molar-refractivity contribution is 8.15. The van der Waals surface area contributed by atoms with Crippen LogP contribution in [-0.4, -0.2) is 40.1 Å². The number of anilines is 1. The first-order chi connectivity index (χ1) is 17.5. The van der Waals surface area contributed by atoms with Crippen LogP contribution in [-0.2, 0) is 9.59 Å². The molecule has 7 nitrogen and oxygen atoms in total. The summed E-state index contributed by atoms with van der Waals surface area (Å²) in [5.41, 5.74) is 3.47. The van der Waals surface area contributed by atoms with Gasteiger partial charge in [0, 0.05) is 12.8 Å². The molecule has 2 aliphatic heterocycles. The molecule has 5 rings (SSSR count). The third-order valence-electron chi connectivity index (χ3n) is 5.96. The predicted molar refractivity (Wildman–Crippen MR) is 144 cm³/mol. The number of nitrogens with one attached hydrogen (secondary N) is 1. The van der Waals surface area contributed by atoms with Gasteiger partial charge < -0.3 is 10.1 Å². The number of methoxy groups -OCH3 is 1. The van der Waals surface area contributed by atoms with Gasteiger partial charge in [-0.15, -0.1) is 0 Å². The van der Waals surface area contributed by atoms with E-state index < -0.39 is 5.25 Å². The first-order valence-electron chi connectivity index (χ1n) is 11.4. The van der Waals surface area contributed by atoms with Crippen molar-refractivity contribution in [3.63, 3.8) is 0 Å². The van der Waals surface area contributed by atoms with Gasteiger partial charge in [-0.2, -0.15) is 10.1 Å². The van der Waals surface area contributed by atoms with Gasteiger partial charge in [0.15, 0.2) is 5.17 Å². The van der Waals surface area contributed by atoms with E-state index in [2.05, 4.69) is 10.3 Å². The lowest BCUT2D eigenvalue weighted by Crippen LogP contribution is -2.25. The Bertz CT molecular complexity index is 1340. The largest absolute Gasteiger partial charge is 0.497 e. The Morgan fingerprint density at radius 2 is 1.81 bits per heavy atom. The van der Waals surface area contributed by atoms with Crippen molar-refractivity contribution in [2.75, 3.05) is 12.4 Å². The van der Waals surface area contributed by atoms with Crippen LogP contribution in [0.2, 0.25) is 5.02 Å². The lowest BCUT2D eigenvalue weighted by atomic mass is 9.98. The van der Waals surface area contributed by atoms with Crippen LogP contribution < -0.4 is 10.1 Å². The Balaban J connectivity index is 1.35. The first kappa shape index (κ1) is 24.1. The maximum Gasteiger partial charge on any atom is 0.262 e. The number of amidine groups is 1. The second-order valence-corrected chi connectivity index (χ2v) is 9.90. The fourth-order valence-corrected chi connectivity index (χ4v) is 5.36. The molecule has 3 aromatic carbocycles. The number of halogens is 1. The number of rotatable bonds is 6. The zero-order valence-electron chi connectivity index (χ0n) is 19.4. The molecule has 0 aromatic heterocycles. The van der Waals surface area contributed by atoms with Gasteiger partial charge >= 0.3 is 0 Å². The highest BCUT2D eigenvalue weighted by Crippen LogP contribution is 2.39. The van der Waals surface area contributed by atoms with Gasteiger partial charge in [0.2, 0.25) is 5.91 Å². The lowest BCUT2D eigenvalue weighted by Gasteiger charge is -2.23. The van der Waals surface area contributed by atoms with Crippen molar-refractivity contribution >= 4 is 51.7 Å². The van der Waals surface area contributed by atoms with Crippen LogP contribution in [0.3, 0.4) is 0 Å². The average Bonchev–Trinajstić information content (AvgIpc) is 3.50. The number of aliphatic imine (C=N–C) groups is 1. The number of amides is 2. The summed E-state index contributed by atoms with van der Waals surface area (Å²) < 4.78 is 5.30. The third-order valence-corrected chi connectivity index (χ3v) is 7.43. The standard InChI is InChI=1S/C27H23ClN4O3S/c1-35-19-13-11-18(12-14-19)23-15-22(17-7-3-2-4-8-17)31-32(23)27-30-26(34)24(36-27)16-25(33)29-21-10-6-5-9-20(21)28/h2-14,23-24H,15-16H2,1H3,(H,29,33)/t23-,24+/m0/s1. The summed E-state index contributed by atoms with van der Waals surface area (Å²) in [5.74, 6) is 0.119. The Morgan fingerprint density at radius 3 is 2.53 bits per heavy atom. The highest BCUT2D eigenvalue weighted by Gasteiger charge is 2.39. The molecule has 36 heavy (non-hydrogen) atoms. The average molecular weight is 519 g/mol. The smallest absolute Gasteiger partial charge is 0.262 e. The molecular weight excluding hydrogens is 496 g/mol. The Labute approximate surface area is 218 Å². The van der Waals surface area contributed by atoms with Crippen LogP contribution in [0, 0.1) is 0 Å². The summed E-state index contributed by atoms with van der Waals surface area (Å²) in [5, 5.41) is 9.74. The second kappa shape index (κ2) is 10.6. The Kier molecular flexibility index (Phi) is 7.06. The minimum Gasteiger partial charge on any atom is -0.497 e. The van der Waals surface area contributed by atoms with Crippen molar-refractivity contribution in [1.29, 1.82) is 0 Å². The molecule has 182 valence electrons. The molecule has 1 N–H and O–H groups in total. The highest BCUT2D eigenvalue weighted by atomic mass is 35.5. The number of carbonyl (C=O) groups excluding carboxylic acids is 2. The molecule has 0 bridgehead atoms. The fraction of sp³-hybridized carbons (Fsp3) is 0.185. The molecule has 2 atom stereocenters. The molecule has 0 fully saturated rings. The molecule has 0 radical (unpaired) electrons. The Hall–Kier alpha value is -3.62. The van der Waals surface area contributed by atoms with E-state index >= 15 is 0 Å². The summed E-state index contributed by atoms with van der Waals surface area (Å²) in [6, 6.07) is 24.6. The number of hydrogen-bond acceptors (Lipinski definition) is 6. The first-order valence-corrected chi connectivity index (χ1v) is 12.7. The molecule has 9 heteroatoms. The van der Waals surface area contributed by atoms with Crippen molar-refractivity contribution in [2.24, 2.45) is 10.1 Å². The summed E-state index contributed by atoms with van der Waals surface area (Å²) in [7, 11) is 1.63. The van der Waals surface area contributed by atoms with Crippen molar-refractivity contribution < 1.29 is 14.3 Å². The number of benzene rings is 3. The number of thioether (sulfide) groups is 1. The second-order valence-electron chi connectivity index (χ2n) is 8.32. The number of carbonyl (C=O) groups is 2. The van der Waals surface area contributed by atoms with E-state index in [-0.39, 0.29) is 24.3 Å². The molecule has 0 saturated heterocycles. The number of hydrogen-bond donors (Lipinski definition) is 1. The van der Waals surface area contributed by atoms with Crippen LogP contribution in [0.1, 0.15) is 30.0 Å². The van der Waals surface area contributed by atoms with E-state index in [0.29, 0.717) is 22.3 Å². The number of hydrazone groups is 1. The SMILES string of the molecule is COc1ccc([C@@H]2CC(c3ccccc3)=NN2C2=NC(=O)[C@@H](CC(=O)Nc3ccccc3Cl)S2)cc1. The molecule has 0 spiro atoms. The van der Waals surface area contributed by atoms with Gasteiger partial charge in [0.05, 0.1) is 29.6 Å². The van der Waals surface area contributed by atoms with E-state index in [9.17, 15) is 9.59 Å².